The molecule has 1 saturated heterocycles. The lowest BCUT2D eigenvalue weighted by atomic mass is 9.99. The third-order valence-electron chi connectivity index (χ3n) is 5.47. The molecular formula is C22H23Cl2N7. The summed E-state index contributed by atoms with van der Waals surface area (Å²) in [5.74, 6) is 1.13. The third-order valence-corrected chi connectivity index (χ3v) is 5.86. The highest BCUT2D eigenvalue weighted by Crippen LogP contribution is 2.32. The van der Waals surface area contributed by atoms with Crippen molar-refractivity contribution in [3.05, 3.63) is 57.4 Å². The second kappa shape index (κ2) is 8.37. The van der Waals surface area contributed by atoms with Crippen LogP contribution in [0.4, 0.5) is 5.69 Å². The fraction of sp³-hybridized carbons (Fsp3) is 0.364. The Bertz CT molecular complexity index is 1200. The molecule has 0 N–H and O–H groups in total. The van der Waals surface area contributed by atoms with Crippen LogP contribution in [0.5, 0.6) is 0 Å². The molecule has 160 valence electrons. The number of nitriles is 1. The molecule has 0 unspecified atom stereocenters. The average molecular weight is 456 g/mol. The number of rotatable bonds is 4. The van der Waals surface area contributed by atoms with Gasteiger partial charge in [0.1, 0.15) is 16.1 Å². The normalized spacial score (nSPS) is 15.5. The first-order valence-corrected chi connectivity index (χ1v) is 10.8. The topological polar surface area (TPSA) is 73.9 Å². The van der Waals surface area contributed by atoms with Gasteiger partial charge in [-0.25, -0.2) is 9.97 Å². The van der Waals surface area contributed by atoms with Crippen LogP contribution in [0, 0.1) is 18.3 Å². The van der Waals surface area contributed by atoms with Crippen molar-refractivity contribution < 1.29 is 0 Å². The second-order valence-electron chi connectivity index (χ2n) is 7.94. The van der Waals surface area contributed by atoms with Crippen molar-refractivity contribution in [3.63, 3.8) is 0 Å². The van der Waals surface area contributed by atoms with Crippen LogP contribution < -0.4 is 4.90 Å². The number of nitrogens with zero attached hydrogens (tertiary/aromatic N) is 7. The number of hydrogen-bond donors (Lipinski definition) is 0. The van der Waals surface area contributed by atoms with Gasteiger partial charge in [-0.2, -0.15) is 10.4 Å². The lowest BCUT2D eigenvalue weighted by Crippen LogP contribution is -2.23. The summed E-state index contributed by atoms with van der Waals surface area (Å²) >= 11 is 12.2. The summed E-state index contributed by atoms with van der Waals surface area (Å²) in [5, 5.41) is 15.7. The molecule has 0 amide bonds. The molecule has 0 aliphatic carbocycles. The van der Waals surface area contributed by atoms with Gasteiger partial charge in [-0.05, 0) is 36.6 Å². The molecule has 1 aliphatic rings. The van der Waals surface area contributed by atoms with Crippen molar-refractivity contribution in [1.82, 2.24) is 24.6 Å². The van der Waals surface area contributed by atoms with E-state index in [-0.39, 0.29) is 0 Å². The van der Waals surface area contributed by atoms with Gasteiger partial charge >= 0.3 is 0 Å². The fourth-order valence-electron chi connectivity index (χ4n) is 4.14. The summed E-state index contributed by atoms with van der Waals surface area (Å²) in [6.45, 7) is 8.41. The Hall–Kier alpha value is -2.82. The molecule has 0 spiro atoms. The van der Waals surface area contributed by atoms with E-state index in [1.54, 1.807) is 18.2 Å². The zero-order chi connectivity index (χ0) is 22.3. The molecule has 0 aromatic carbocycles. The molecule has 0 bridgehead atoms. The standard InChI is InChI=1S/C22H23Cl2N7/c1-13(2)17-9-15(26-22-21(17)14(3)28-29(22)4)12-30-7-8-31(20(30)5-6-25)16-10-18(23)27-19(24)11-16/h5,9-11,13H,7-8,12H2,1-4H3/b20-5-. The number of pyridine rings is 2. The second-order valence-corrected chi connectivity index (χ2v) is 8.72. The Balaban J connectivity index is 1.71. The number of allylic oxidation sites excluding steroid dienone is 1. The van der Waals surface area contributed by atoms with Crippen molar-refractivity contribution >= 4 is 39.9 Å². The van der Waals surface area contributed by atoms with Gasteiger partial charge in [-0.1, -0.05) is 37.0 Å². The minimum atomic E-state index is 0.317. The minimum absolute atomic E-state index is 0.317. The summed E-state index contributed by atoms with van der Waals surface area (Å²) in [4.78, 5) is 13.1. The Morgan fingerprint density at radius 3 is 2.52 bits per heavy atom. The Kier molecular flexibility index (Phi) is 5.78. The molecule has 9 heteroatoms. The SMILES string of the molecule is Cc1nn(C)c2nc(CN3CCN(c4cc(Cl)nc(Cl)c4)/C3=C\C#N)cc(C(C)C)c12. The van der Waals surface area contributed by atoms with Crippen molar-refractivity contribution in [3.8, 4) is 6.07 Å². The zero-order valence-electron chi connectivity index (χ0n) is 17.9. The Morgan fingerprint density at radius 2 is 1.87 bits per heavy atom. The molecular weight excluding hydrogens is 433 g/mol. The quantitative estimate of drug-likeness (QED) is 0.415. The van der Waals surface area contributed by atoms with E-state index in [4.69, 9.17) is 28.2 Å². The number of hydrogen-bond acceptors (Lipinski definition) is 6. The Morgan fingerprint density at radius 1 is 1.16 bits per heavy atom. The summed E-state index contributed by atoms with van der Waals surface area (Å²) < 4.78 is 1.84. The first kappa shape index (κ1) is 21.4. The molecule has 0 saturated carbocycles. The summed E-state index contributed by atoms with van der Waals surface area (Å²) in [5.41, 5.74) is 4.86. The zero-order valence-corrected chi connectivity index (χ0v) is 19.4. The van der Waals surface area contributed by atoms with Crippen LogP contribution in [0.15, 0.2) is 30.1 Å². The van der Waals surface area contributed by atoms with Gasteiger partial charge in [0.05, 0.1) is 30.1 Å². The molecule has 31 heavy (non-hydrogen) atoms. The maximum Gasteiger partial charge on any atom is 0.158 e. The lowest BCUT2D eigenvalue weighted by molar-refractivity contribution is 0.386. The van der Waals surface area contributed by atoms with Crippen molar-refractivity contribution in [1.29, 1.82) is 5.26 Å². The maximum atomic E-state index is 9.41. The van der Waals surface area contributed by atoms with Crippen LogP contribution in [0.1, 0.15) is 36.7 Å². The van der Waals surface area contributed by atoms with E-state index in [9.17, 15) is 5.26 Å². The van der Waals surface area contributed by atoms with Gasteiger partial charge < -0.3 is 9.80 Å². The molecule has 0 radical (unpaired) electrons. The number of fused-ring (bicyclic) bond motifs is 1. The third kappa shape index (κ3) is 4.06. The monoisotopic (exact) mass is 455 g/mol. The maximum absolute atomic E-state index is 9.41. The van der Waals surface area contributed by atoms with Crippen LogP contribution in [-0.4, -0.2) is 37.7 Å². The molecule has 7 nitrogen and oxygen atoms in total. The summed E-state index contributed by atoms with van der Waals surface area (Å²) in [7, 11) is 1.92. The van der Waals surface area contributed by atoms with E-state index in [1.807, 2.05) is 23.6 Å². The van der Waals surface area contributed by atoms with Gasteiger partial charge in [0.15, 0.2) is 5.65 Å². The number of aromatic nitrogens is 4. The van der Waals surface area contributed by atoms with Crippen LogP contribution in [0.25, 0.3) is 11.0 Å². The van der Waals surface area contributed by atoms with Gasteiger partial charge in [0.2, 0.25) is 0 Å². The molecule has 0 atom stereocenters. The van der Waals surface area contributed by atoms with Crippen LogP contribution in [-0.2, 0) is 13.6 Å². The Labute approximate surface area is 191 Å². The molecule has 1 aliphatic heterocycles. The average Bonchev–Trinajstić information content (AvgIpc) is 3.21. The summed E-state index contributed by atoms with van der Waals surface area (Å²) in [6.07, 6.45) is 1.55. The number of anilines is 1. The van der Waals surface area contributed by atoms with E-state index >= 15 is 0 Å². The van der Waals surface area contributed by atoms with Gasteiger partial charge in [-0.15, -0.1) is 0 Å². The first-order valence-electron chi connectivity index (χ1n) is 10.1. The van der Waals surface area contributed by atoms with Crippen LogP contribution >= 0.6 is 23.2 Å². The largest absolute Gasteiger partial charge is 0.350 e. The van der Waals surface area contributed by atoms with Gasteiger partial charge in [0, 0.05) is 31.2 Å². The highest BCUT2D eigenvalue weighted by atomic mass is 35.5. The minimum Gasteiger partial charge on any atom is -0.350 e. The van der Waals surface area contributed by atoms with Crippen molar-refractivity contribution in [2.75, 3.05) is 18.0 Å². The number of aryl methyl sites for hydroxylation is 2. The first-order chi connectivity index (χ1) is 14.8. The molecule has 4 heterocycles. The molecule has 3 aromatic heterocycles. The van der Waals surface area contributed by atoms with Crippen LogP contribution in [0.3, 0.4) is 0 Å². The van der Waals surface area contributed by atoms with E-state index in [0.29, 0.717) is 29.3 Å². The number of halogens is 2. The predicted octanol–water partition coefficient (Wildman–Crippen LogP) is 4.79. The van der Waals surface area contributed by atoms with E-state index in [2.05, 4.69) is 41.0 Å². The van der Waals surface area contributed by atoms with Crippen molar-refractivity contribution in [2.24, 2.45) is 7.05 Å². The van der Waals surface area contributed by atoms with E-state index < -0.39 is 0 Å². The predicted molar refractivity (Wildman–Crippen MR) is 123 cm³/mol. The van der Waals surface area contributed by atoms with Crippen molar-refractivity contribution in [2.45, 2.75) is 33.2 Å². The van der Waals surface area contributed by atoms with E-state index in [1.165, 1.54) is 5.56 Å². The summed E-state index contributed by atoms with van der Waals surface area (Å²) in [6, 6.07) is 7.83. The highest BCUT2D eigenvalue weighted by Gasteiger charge is 2.28. The lowest BCUT2D eigenvalue weighted by Gasteiger charge is -2.24. The smallest absolute Gasteiger partial charge is 0.158 e. The van der Waals surface area contributed by atoms with Crippen LogP contribution in [0.2, 0.25) is 10.3 Å². The molecule has 1 fully saturated rings. The van der Waals surface area contributed by atoms with Gasteiger partial charge in [0.25, 0.3) is 0 Å². The molecule has 3 aromatic rings. The fourth-order valence-corrected chi connectivity index (χ4v) is 4.59. The van der Waals surface area contributed by atoms with Gasteiger partial charge in [-0.3, -0.25) is 4.68 Å². The highest BCUT2D eigenvalue weighted by molar-refractivity contribution is 6.32. The molecule has 4 rings (SSSR count). The van der Waals surface area contributed by atoms with E-state index in [0.717, 1.165) is 40.5 Å².